The Kier molecular flexibility index (Phi) is 2.90. The summed E-state index contributed by atoms with van der Waals surface area (Å²) < 4.78 is 19.5. The molecule has 20 heavy (non-hydrogen) atoms. The molecule has 0 amide bonds. The number of esters is 1. The summed E-state index contributed by atoms with van der Waals surface area (Å²) in [7, 11) is 1.78. The van der Waals surface area contributed by atoms with Gasteiger partial charge in [0.15, 0.2) is 5.70 Å². The van der Waals surface area contributed by atoms with Gasteiger partial charge >= 0.3 is 5.97 Å². The van der Waals surface area contributed by atoms with Gasteiger partial charge in [0.05, 0.1) is 6.20 Å². The van der Waals surface area contributed by atoms with Gasteiger partial charge in [-0.1, -0.05) is 0 Å². The first-order valence-corrected chi connectivity index (χ1v) is 5.89. The molecular formula is C14H10FN3O2. The molecule has 2 aromatic rings. The van der Waals surface area contributed by atoms with E-state index in [0.29, 0.717) is 5.56 Å². The SMILES string of the molecule is Cn1cc(C=C2N=C(c3ccc(F)cc3)OC2=O)cn1. The monoisotopic (exact) mass is 271 g/mol. The molecule has 1 aromatic carbocycles. The van der Waals surface area contributed by atoms with E-state index in [1.165, 1.54) is 24.3 Å². The predicted octanol–water partition coefficient (Wildman–Crippen LogP) is 1.90. The van der Waals surface area contributed by atoms with Crippen molar-refractivity contribution in [3.05, 3.63) is 59.3 Å². The Hall–Kier alpha value is -2.76. The fourth-order valence-corrected chi connectivity index (χ4v) is 1.80. The van der Waals surface area contributed by atoms with Crippen molar-refractivity contribution in [2.75, 3.05) is 0 Å². The first kappa shape index (κ1) is 12.3. The van der Waals surface area contributed by atoms with Gasteiger partial charge in [-0.3, -0.25) is 4.68 Å². The van der Waals surface area contributed by atoms with Gasteiger partial charge in [0, 0.05) is 24.4 Å². The Morgan fingerprint density at radius 1 is 1.30 bits per heavy atom. The predicted molar refractivity (Wildman–Crippen MR) is 70.2 cm³/mol. The lowest BCUT2D eigenvalue weighted by Crippen LogP contribution is -2.05. The Morgan fingerprint density at radius 3 is 2.70 bits per heavy atom. The molecule has 3 rings (SSSR count). The smallest absolute Gasteiger partial charge is 0.363 e. The van der Waals surface area contributed by atoms with E-state index < -0.39 is 5.97 Å². The molecule has 1 aliphatic rings. The molecule has 6 heteroatoms. The molecule has 5 nitrogen and oxygen atoms in total. The van der Waals surface area contributed by atoms with Crippen LogP contribution in [-0.4, -0.2) is 21.6 Å². The first-order valence-electron chi connectivity index (χ1n) is 5.89. The highest BCUT2D eigenvalue weighted by atomic mass is 19.1. The summed E-state index contributed by atoms with van der Waals surface area (Å²) in [6, 6.07) is 5.59. The van der Waals surface area contributed by atoms with E-state index in [2.05, 4.69) is 10.1 Å². The van der Waals surface area contributed by atoms with Crippen molar-refractivity contribution in [2.45, 2.75) is 0 Å². The molecular weight excluding hydrogens is 261 g/mol. The summed E-state index contributed by atoms with van der Waals surface area (Å²) >= 11 is 0. The van der Waals surface area contributed by atoms with Gasteiger partial charge in [0.1, 0.15) is 5.82 Å². The minimum absolute atomic E-state index is 0.171. The van der Waals surface area contributed by atoms with Crippen molar-refractivity contribution >= 4 is 17.9 Å². The standard InChI is InChI=1S/C14H10FN3O2/c1-18-8-9(7-16-18)6-12-14(19)20-13(17-12)10-2-4-11(15)5-3-10/h2-8H,1H3. The van der Waals surface area contributed by atoms with Crippen LogP contribution >= 0.6 is 0 Å². The van der Waals surface area contributed by atoms with Gasteiger partial charge < -0.3 is 4.74 Å². The number of aryl methyl sites for hydroxylation is 1. The molecule has 1 aromatic heterocycles. The van der Waals surface area contributed by atoms with Crippen LogP contribution in [0.1, 0.15) is 11.1 Å². The van der Waals surface area contributed by atoms with E-state index in [4.69, 9.17) is 4.74 Å². The average Bonchev–Trinajstić information content (AvgIpc) is 2.98. The first-order chi connectivity index (χ1) is 9.61. The van der Waals surface area contributed by atoms with Crippen LogP contribution in [0.15, 0.2) is 47.3 Å². The zero-order valence-corrected chi connectivity index (χ0v) is 10.6. The molecule has 100 valence electrons. The van der Waals surface area contributed by atoms with Gasteiger partial charge in [0.2, 0.25) is 5.90 Å². The number of aliphatic imine (C=N–C) groups is 1. The van der Waals surface area contributed by atoms with Gasteiger partial charge in [-0.2, -0.15) is 5.10 Å². The van der Waals surface area contributed by atoms with Crippen molar-refractivity contribution in [1.29, 1.82) is 0 Å². The van der Waals surface area contributed by atoms with Crippen LogP contribution in [-0.2, 0) is 16.6 Å². The number of aromatic nitrogens is 2. The van der Waals surface area contributed by atoms with Crippen LogP contribution in [0.3, 0.4) is 0 Å². The maximum absolute atomic E-state index is 12.8. The fourth-order valence-electron chi connectivity index (χ4n) is 1.80. The minimum atomic E-state index is -0.534. The summed E-state index contributed by atoms with van der Waals surface area (Å²) in [6.45, 7) is 0. The Balaban J connectivity index is 1.92. The summed E-state index contributed by atoms with van der Waals surface area (Å²) in [5.41, 5.74) is 1.50. The zero-order valence-electron chi connectivity index (χ0n) is 10.6. The molecule has 0 atom stereocenters. The zero-order chi connectivity index (χ0) is 14.1. The number of halogens is 1. The summed E-state index contributed by atoms with van der Waals surface area (Å²) in [6.07, 6.45) is 4.96. The Labute approximate surface area is 114 Å². The number of carbonyl (C=O) groups excluding carboxylic acids is 1. The van der Waals surface area contributed by atoms with Crippen LogP contribution in [0.25, 0.3) is 6.08 Å². The highest BCUT2D eigenvalue weighted by Gasteiger charge is 2.24. The third kappa shape index (κ3) is 2.35. The van der Waals surface area contributed by atoms with E-state index in [-0.39, 0.29) is 17.4 Å². The third-order valence-corrected chi connectivity index (χ3v) is 2.74. The number of cyclic esters (lactones) is 1. The summed E-state index contributed by atoms with van der Waals surface area (Å²) in [5, 5.41) is 4.00. The van der Waals surface area contributed by atoms with Crippen LogP contribution in [0.5, 0.6) is 0 Å². The van der Waals surface area contributed by atoms with Crippen molar-refractivity contribution in [3.63, 3.8) is 0 Å². The maximum Gasteiger partial charge on any atom is 0.363 e. The summed E-state index contributed by atoms with van der Waals surface area (Å²) in [5.74, 6) is -0.719. The lowest BCUT2D eigenvalue weighted by molar-refractivity contribution is -0.129. The van der Waals surface area contributed by atoms with Gasteiger partial charge in [0.25, 0.3) is 0 Å². The second-order valence-electron chi connectivity index (χ2n) is 4.29. The topological polar surface area (TPSA) is 56.5 Å². The van der Waals surface area contributed by atoms with Crippen LogP contribution in [0.2, 0.25) is 0 Å². The maximum atomic E-state index is 12.8. The van der Waals surface area contributed by atoms with E-state index >= 15 is 0 Å². The van der Waals surface area contributed by atoms with Crippen molar-refractivity contribution in [1.82, 2.24) is 9.78 Å². The quantitative estimate of drug-likeness (QED) is 0.619. The second kappa shape index (κ2) is 4.73. The molecule has 0 spiro atoms. The molecule has 0 N–H and O–H groups in total. The molecule has 0 radical (unpaired) electrons. The normalized spacial score (nSPS) is 16.4. The largest absolute Gasteiger partial charge is 0.402 e. The number of hydrogen-bond donors (Lipinski definition) is 0. The van der Waals surface area contributed by atoms with E-state index in [9.17, 15) is 9.18 Å². The lowest BCUT2D eigenvalue weighted by atomic mass is 10.2. The minimum Gasteiger partial charge on any atom is -0.402 e. The Bertz CT molecular complexity index is 729. The van der Waals surface area contributed by atoms with Gasteiger partial charge in [-0.25, -0.2) is 14.2 Å². The molecule has 0 fully saturated rings. The third-order valence-electron chi connectivity index (χ3n) is 2.74. The van der Waals surface area contributed by atoms with Gasteiger partial charge in [-0.05, 0) is 30.3 Å². The van der Waals surface area contributed by atoms with E-state index in [1.807, 2.05) is 0 Å². The number of rotatable bonds is 2. The second-order valence-corrected chi connectivity index (χ2v) is 4.29. The average molecular weight is 271 g/mol. The highest BCUT2D eigenvalue weighted by molar-refractivity contribution is 6.12. The molecule has 0 unspecified atom stereocenters. The van der Waals surface area contributed by atoms with Crippen molar-refractivity contribution in [3.8, 4) is 0 Å². The number of nitrogens with zero attached hydrogens (tertiary/aromatic N) is 3. The van der Waals surface area contributed by atoms with Gasteiger partial charge in [-0.15, -0.1) is 0 Å². The molecule has 0 saturated heterocycles. The molecule has 2 heterocycles. The number of ether oxygens (including phenoxy) is 1. The fraction of sp³-hybridized carbons (Fsp3) is 0.0714. The highest BCUT2D eigenvalue weighted by Crippen LogP contribution is 2.19. The molecule has 1 aliphatic heterocycles. The Morgan fingerprint density at radius 2 is 2.05 bits per heavy atom. The van der Waals surface area contributed by atoms with E-state index in [1.54, 1.807) is 30.2 Å². The van der Waals surface area contributed by atoms with Crippen molar-refractivity contribution in [2.24, 2.45) is 12.0 Å². The van der Waals surface area contributed by atoms with Crippen LogP contribution in [0.4, 0.5) is 4.39 Å². The number of hydrogen-bond acceptors (Lipinski definition) is 4. The van der Waals surface area contributed by atoms with E-state index in [0.717, 1.165) is 5.56 Å². The van der Waals surface area contributed by atoms with Crippen molar-refractivity contribution < 1.29 is 13.9 Å². The molecule has 0 aliphatic carbocycles. The molecule has 0 saturated carbocycles. The van der Waals surface area contributed by atoms with Crippen LogP contribution < -0.4 is 0 Å². The molecule has 0 bridgehead atoms. The lowest BCUT2D eigenvalue weighted by Gasteiger charge is -1.98. The number of carbonyl (C=O) groups is 1. The number of benzene rings is 1. The summed E-state index contributed by atoms with van der Waals surface area (Å²) in [4.78, 5) is 15.8. The van der Waals surface area contributed by atoms with Crippen LogP contribution in [0, 0.1) is 5.82 Å².